The molecule has 2 rings (SSSR count). The van der Waals surface area contributed by atoms with Crippen LogP contribution in [0.4, 0.5) is 0 Å². The fourth-order valence-corrected chi connectivity index (χ4v) is 2.40. The van der Waals surface area contributed by atoms with Gasteiger partial charge in [-0.3, -0.25) is 4.90 Å². The summed E-state index contributed by atoms with van der Waals surface area (Å²) < 4.78 is 4.65. The zero-order chi connectivity index (χ0) is 11.6. The molecule has 1 aromatic rings. The highest BCUT2D eigenvalue weighted by Crippen LogP contribution is 2.30. The molecule has 1 heterocycles. The quantitative estimate of drug-likeness (QED) is 0.831. The molecule has 90 valence electrons. The second-order valence-corrected chi connectivity index (χ2v) is 4.90. The average molecular weight is 225 g/mol. The molecule has 1 saturated carbocycles. The maximum Gasteiger partial charge on any atom is 0.122 e. The summed E-state index contributed by atoms with van der Waals surface area (Å²) in [6.45, 7) is 3.25. The summed E-state index contributed by atoms with van der Waals surface area (Å²) in [5, 5.41) is 17.8. The first-order valence-corrected chi connectivity index (χ1v) is 5.78. The Morgan fingerprint density at radius 2 is 2.06 bits per heavy atom. The number of likely N-dealkylation sites (N-methyl/N-ethyl adjacent to an activating group) is 1. The van der Waals surface area contributed by atoms with Crippen molar-refractivity contribution in [2.75, 3.05) is 13.6 Å². The van der Waals surface area contributed by atoms with Crippen molar-refractivity contribution in [1.82, 2.24) is 15.2 Å². The van der Waals surface area contributed by atoms with Crippen LogP contribution in [0.15, 0.2) is 4.63 Å². The molecule has 0 amide bonds. The molecule has 0 saturated heterocycles. The fraction of sp³-hybridized carbons (Fsp3) is 0.818. The van der Waals surface area contributed by atoms with E-state index in [4.69, 9.17) is 0 Å². The Hall–Kier alpha value is -0.940. The fourth-order valence-electron chi connectivity index (χ4n) is 2.40. The minimum Gasteiger partial charge on any atom is -0.389 e. The second kappa shape index (κ2) is 4.51. The molecule has 0 spiro atoms. The van der Waals surface area contributed by atoms with E-state index >= 15 is 0 Å². The van der Waals surface area contributed by atoms with Crippen LogP contribution in [0.1, 0.15) is 37.1 Å². The number of rotatable bonds is 4. The normalized spacial score (nSPS) is 19.5. The molecule has 0 atom stereocenters. The standard InChI is InChI=1S/C11H19N3O2/c1-9-10(13-16-12-9)7-14(2)8-11(15)5-3-4-6-11/h15H,3-8H2,1-2H3. The van der Waals surface area contributed by atoms with Gasteiger partial charge in [0, 0.05) is 13.1 Å². The molecule has 1 aliphatic carbocycles. The first kappa shape index (κ1) is 11.5. The molecule has 0 unspecified atom stereocenters. The van der Waals surface area contributed by atoms with Crippen molar-refractivity contribution in [3.05, 3.63) is 11.4 Å². The molecular formula is C11H19N3O2. The van der Waals surface area contributed by atoms with Gasteiger partial charge >= 0.3 is 0 Å². The Bertz CT molecular complexity index is 345. The molecule has 5 nitrogen and oxygen atoms in total. The van der Waals surface area contributed by atoms with Crippen LogP contribution in [-0.2, 0) is 6.54 Å². The van der Waals surface area contributed by atoms with Gasteiger partial charge in [-0.1, -0.05) is 23.2 Å². The van der Waals surface area contributed by atoms with Crippen molar-refractivity contribution in [3.8, 4) is 0 Å². The Morgan fingerprint density at radius 1 is 1.38 bits per heavy atom. The SMILES string of the molecule is Cc1nonc1CN(C)CC1(O)CCCC1. The molecule has 1 aliphatic rings. The van der Waals surface area contributed by atoms with Gasteiger partial charge in [-0.05, 0) is 26.8 Å². The van der Waals surface area contributed by atoms with Crippen molar-refractivity contribution < 1.29 is 9.74 Å². The van der Waals surface area contributed by atoms with Crippen LogP contribution in [-0.4, -0.2) is 39.5 Å². The van der Waals surface area contributed by atoms with E-state index in [2.05, 4.69) is 19.8 Å². The van der Waals surface area contributed by atoms with Gasteiger partial charge in [0.1, 0.15) is 11.4 Å². The molecule has 0 aliphatic heterocycles. The Balaban J connectivity index is 1.89. The Kier molecular flexibility index (Phi) is 3.25. The monoisotopic (exact) mass is 225 g/mol. The molecule has 16 heavy (non-hydrogen) atoms. The van der Waals surface area contributed by atoms with E-state index in [1.165, 1.54) is 0 Å². The number of nitrogens with zero attached hydrogens (tertiary/aromatic N) is 3. The number of hydrogen-bond acceptors (Lipinski definition) is 5. The van der Waals surface area contributed by atoms with E-state index in [0.29, 0.717) is 13.1 Å². The van der Waals surface area contributed by atoms with Gasteiger partial charge in [0.05, 0.1) is 5.60 Å². The summed E-state index contributed by atoms with van der Waals surface area (Å²) in [4.78, 5) is 2.08. The summed E-state index contributed by atoms with van der Waals surface area (Å²) in [6, 6.07) is 0. The molecule has 0 aromatic carbocycles. The van der Waals surface area contributed by atoms with E-state index in [-0.39, 0.29) is 0 Å². The van der Waals surface area contributed by atoms with Gasteiger partial charge in [0.2, 0.25) is 0 Å². The minimum atomic E-state index is -0.500. The van der Waals surface area contributed by atoms with Crippen molar-refractivity contribution in [2.45, 2.75) is 44.8 Å². The lowest BCUT2D eigenvalue weighted by molar-refractivity contribution is 0.0140. The van der Waals surface area contributed by atoms with Gasteiger partial charge in [-0.25, -0.2) is 4.63 Å². The topological polar surface area (TPSA) is 62.4 Å². The number of aromatic nitrogens is 2. The highest BCUT2D eigenvalue weighted by atomic mass is 16.6. The van der Waals surface area contributed by atoms with Crippen LogP contribution in [0.2, 0.25) is 0 Å². The van der Waals surface area contributed by atoms with Gasteiger partial charge in [0.25, 0.3) is 0 Å². The van der Waals surface area contributed by atoms with Crippen LogP contribution < -0.4 is 0 Å². The average Bonchev–Trinajstić information content (AvgIpc) is 2.77. The zero-order valence-corrected chi connectivity index (χ0v) is 9.94. The van der Waals surface area contributed by atoms with Crippen LogP contribution >= 0.6 is 0 Å². The Morgan fingerprint density at radius 3 is 2.62 bits per heavy atom. The van der Waals surface area contributed by atoms with Crippen LogP contribution in [0.25, 0.3) is 0 Å². The predicted octanol–water partition coefficient (Wildman–Crippen LogP) is 1.11. The summed E-state index contributed by atoms with van der Waals surface area (Å²) in [5.74, 6) is 0. The van der Waals surface area contributed by atoms with Crippen molar-refractivity contribution in [3.63, 3.8) is 0 Å². The molecule has 0 bridgehead atoms. The maximum absolute atomic E-state index is 10.3. The van der Waals surface area contributed by atoms with Crippen molar-refractivity contribution in [2.24, 2.45) is 0 Å². The molecule has 0 radical (unpaired) electrons. The maximum atomic E-state index is 10.3. The third-order valence-corrected chi connectivity index (χ3v) is 3.26. The second-order valence-electron chi connectivity index (χ2n) is 4.90. The summed E-state index contributed by atoms with van der Waals surface area (Å²) in [7, 11) is 1.99. The first-order chi connectivity index (χ1) is 7.59. The number of aryl methyl sites for hydroxylation is 1. The highest BCUT2D eigenvalue weighted by molar-refractivity contribution is 5.04. The van der Waals surface area contributed by atoms with Crippen LogP contribution in [0.3, 0.4) is 0 Å². The summed E-state index contributed by atoms with van der Waals surface area (Å²) in [6.07, 6.45) is 4.09. The number of hydrogen-bond donors (Lipinski definition) is 1. The largest absolute Gasteiger partial charge is 0.389 e. The van der Waals surface area contributed by atoms with Crippen LogP contribution in [0.5, 0.6) is 0 Å². The lowest BCUT2D eigenvalue weighted by Gasteiger charge is -2.27. The summed E-state index contributed by atoms with van der Waals surface area (Å²) >= 11 is 0. The van der Waals surface area contributed by atoms with Gasteiger partial charge in [0.15, 0.2) is 0 Å². The molecule has 5 heteroatoms. The molecular weight excluding hydrogens is 206 g/mol. The molecule has 1 N–H and O–H groups in total. The van der Waals surface area contributed by atoms with Crippen molar-refractivity contribution >= 4 is 0 Å². The lowest BCUT2D eigenvalue weighted by atomic mass is 10.0. The van der Waals surface area contributed by atoms with Crippen molar-refractivity contribution in [1.29, 1.82) is 0 Å². The molecule has 1 aromatic heterocycles. The van der Waals surface area contributed by atoms with E-state index in [0.717, 1.165) is 37.1 Å². The summed E-state index contributed by atoms with van der Waals surface area (Å²) in [5.41, 5.74) is 1.18. The third-order valence-electron chi connectivity index (χ3n) is 3.26. The smallest absolute Gasteiger partial charge is 0.122 e. The van der Waals surface area contributed by atoms with E-state index < -0.39 is 5.60 Å². The van der Waals surface area contributed by atoms with Crippen LogP contribution in [0, 0.1) is 6.92 Å². The van der Waals surface area contributed by atoms with E-state index in [9.17, 15) is 5.11 Å². The third kappa shape index (κ3) is 2.59. The first-order valence-electron chi connectivity index (χ1n) is 5.78. The zero-order valence-electron chi connectivity index (χ0n) is 9.94. The van der Waals surface area contributed by atoms with Gasteiger partial charge < -0.3 is 5.11 Å². The van der Waals surface area contributed by atoms with Gasteiger partial charge in [-0.2, -0.15) is 0 Å². The van der Waals surface area contributed by atoms with E-state index in [1.54, 1.807) is 0 Å². The van der Waals surface area contributed by atoms with E-state index in [1.807, 2.05) is 14.0 Å². The highest BCUT2D eigenvalue weighted by Gasteiger charge is 2.32. The van der Waals surface area contributed by atoms with Gasteiger partial charge in [-0.15, -0.1) is 0 Å². The number of aliphatic hydroxyl groups is 1. The molecule has 1 fully saturated rings. The minimum absolute atomic E-state index is 0.500. The predicted molar refractivity (Wildman–Crippen MR) is 58.8 cm³/mol. The lowest BCUT2D eigenvalue weighted by Crippen LogP contribution is -2.38. The Labute approximate surface area is 95.4 Å².